The van der Waals surface area contributed by atoms with Gasteiger partial charge < -0.3 is 15.5 Å². The highest BCUT2D eigenvalue weighted by atomic mass is 16.2. The predicted octanol–water partition coefficient (Wildman–Crippen LogP) is -0.194. The molecule has 2 atom stereocenters. The molecule has 4 heteroatoms. The van der Waals surface area contributed by atoms with Crippen molar-refractivity contribution >= 4 is 5.91 Å². The highest BCUT2D eigenvalue weighted by Crippen LogP contribution is 2.14. The third-order valence-corrected chi connectivity index (χ3v) is 3.33. The Morgan fingerprint density at radius 3 is 2.93 bits per heavy atom. The Hall–Kier alpha value is -0.610. The first kappa shape index (κ1) is 10.9. The van der Waals surface area contributed by atoms with Gasteiger partial charge in [-0.2, -0.15) is 0 Å². The van der Waals surface area contributed by atoms with E-state index in [0.717, 1.165) is 45.6 Å². The van der Waals surface area contributed by atoms with Crippen LogP contribution in [-0.4, -0.2) is 49.6 Å². The largest absolute Gasteiger partial charge is 0.340 e. The smallest absolute Gasteiger partial charge is 0.227 e. The number of amides is 1. The van der Waals surface area contributed by atoms with Crippen LogP contribution in [0.15, 0.2) is 0 Å². The van der Waals surface area contributed by atoms with Crippen LogP contribution in [0, 0.1) is 5.92 Å². The van der Waals surface area contributed by atoms with Gasteiger partial charge in [-0.15, -0.1) is 0 Å². The van der Waals surface area contributed by atoms with Gasteiger partial charge in [-0.05, 0) is 26.3 Å². The van der Waals surface area contributed by atoms with Gasteiger partial charge in [0.2, 0.25) is 5.91 Å². The summed E-state index contributed by atoms with van der Waals surface area (Å²) in [4.78, 5) is 14.2. The van der Waals surface area contributed by atoms with Crippen molar-refractivity contribution in [2.45, 2.75) is 25.8 Å². The van der Waals surface area contributed by atoms with E-state index in [1.165, 1.54) is 0 Å². The average molecular weight is 211 g/mol. The molecule has 2 aliphatic rings. The molecule has 1 unspecified atom stereocenters. The summed E-state index contributed by atoms with van der Waals surface area (Å²) >= 11 is 0. The second-order valence-electron chi connectivity index (χ2n) is 4.68. The first-order valence-electron chi connectivity index (χ1n) is 6.00. The lowest BCUT2D eigenvalue weighted by Gasteiger charge is -2.35. The zero-order chi connectivity index (χ0) is 10.7. The molecule has 0 saturated carbocycles. The molecule has 0 aromatic heterocycles. The van der Waals surface area contributed by atoms with Crippen molar-refractivity contribution in [3.63, 3.8) is 0 Å². The van der Waals surface area contributed by atoms with Crippen LogP contribution in [0.25, 0.3) is 0 Å². The fourth-order valence-corrected chi connectivity index (χ4v) is 2.45. The monoisotopic (exact) mass is 211 g/mol. The molecule has 2 fully saturated rings. The number of piperidine rings is 1. The summed E-state index contributed by atoms with van der Waals surface area (Å²) in [6.45, 7) is 6.76. The zero-order valence-corrected chi connectivity index (χ0v) is 9.46. The molecule has 15 heavy (non-hydrogen) atoms. The Labute approximate surface area is 91.4 Å². The van der Waals surface area contributed by atoms with Crippen LogP contribution in [0.1, 0.15) is 19.8 Å². The fourth-order valence-electron chi connectivity index (χ4n) is 2.45. The predicted molar refractivity (Wildman–Crippen MR) is 59.6 cm³/mol. The Morgan fingerprint density at radius 2 is 2.27 bits per heavy atom. The number of carbonyl (C=O) groups excluding carboxylic acids is 1. The van der Waals surface area contributed by atoms with E-state index in [4.69, 9.17) is 0 Å². The average Bonchev–Trinajstić information content (AvgIpc) is 2.29. The van der Waals surface area contributed by atoms with Gasteiger partial charge in [-0.25, -0.2) is 0 Å². The molecule has 4 nitrogen and oxygen atoms in total. The summed E-state index contributed by atoms with van der Waals surface area (Å²) in [6, 6.07) is 0.444. The van der Waals surface area contributed by atoms with Crippen LogP contribution in [0.5, 0.6) is 0 Å². The summed E-state index contributed by atoms with van der Waals surface area (Å²) in [6.07, 6.45) is 2.20. The maximum atomic E-state index is 12.2. The Morgan fingerprint density at radius 1 is 1.40 bits per heavy atom. The summed E-state index contributed by atoms with van der Waals surface area (Å²) < 4.78 is 0. The van der Waals surface area contributed by atoms with E-state index in [1.807, 2.05) is 4.90 Å². The molecule has 0 bridgehead atoms. The molecule has 2 N–H and O–H groups in total. The van der Waals surface area contributed by atoms with E-state index in [2.05, 4.69) is 17.6 Å². The minimum Gasteiger partial charge on any atom is -0.340 e. The van der Waals surface area contributed by atoms with Gasteiger partial charge in [0.15, 0.2) is 0 Å². The summed E-state index contributed by atoms with van der Waals surface area (Å²) in [7, 11) is 0. The van der Waals surface area contributed by atoms with E-state index in [0.29, 0.717) is 11.9 Å². The topological polar surface area (TPSA) is 44.4 Å². The second-order valence-corrected chi connectivity index (χ2v) is 4.68. The molecule has 2 saturated heterocycles. The normalized spacial score (nSPS) is 32.7. The van der Waals surface area contributed by atoms with Crippen LogP contribution in [0.2, 0.25) is 0 Å². The number of rotatable bonds is 1. The molecule has 0 radical (unpaired) electrons. The number of carbonyl (C=O) groups is 1. The fraction of sp³-hybridized carbons (Fsp3) is 0.909. The third kappa shape index (κ3) is 2.69. The molecular weight excluding hydrogens is 190 g/mol. The molecule has 1 amide bonds. The Balaban J connectivity index is 1.88. The summed E-state index contributed by atoms with van der Waals surface area (Å²) in [5, 5.41) is 6.66. The Kier molecular flexibility index (Phi) is 3.59. The van der Waals surface area contributed by atoms with E-state index in [-0.39, 0.29) is 5.92 Å². The molecule has 0 spiro atoms. The number of piperazine rings is 1. The number of nitrogens with one attached hydrogen (secondary N) is 2. The van der Waals surface area contributed by atoms with Crippen LogP contribution in [-0.2, 0) is 4.79 Å². The molecule has 0 aromatic rings. The number of hydrogen-bond donors (Lipinski definition) is 2. The number of hydrogen-bond acceptors (Lipinski definition) is 3. The Bertz CT molecular complexity index is 226. The van der Waals surface area contributed by atoms with Crippen molar-refractivity contribution in [3.05, 3.63) is 0 Å². The maximum absolute atomic E-state index is 12.2. The highest BCUT2D eigenvalue weighted by Gasteiger charge is 2.28. The van der Waals surface area contributed by atoms with Gasteiger partial charge >= 0.3 is 0 Å². The van der Waals surface area contributed by atoms with Gasteiger partial charge in [0.25, 0.3) is 0 Å². The minimum absolute atomic E-state index is 0.226. The van der Waals surface area contributed by atoms with Crippen molar-refractivity contribution < 1.29 is 4.79 Å². The quantitative estimate of drug-likeness (QED) is 0.632. The standard InChI is InChI=1S/C11H21N3O/c1-9-8-14(6-5-13-9)11(15)10-3-2-4-12-7-10/h9-10,12-13H,2-8H2,1H3/t9-,10?/m1/s1. The van der Waals surface area contributed by atoms with Crippen LogP contribution < -0.4 is 10.6 Å². The van der Waals surface area contributed by atoms with Crippen molar-refractivity contribution in [1.82, 2.24) is 15.5 Å². The third-order valence-electron chi connectivity index (χ3n) is 3.33. The summed E-state index contributed by atoms with van der Waals surface area (Å²) in [5.74, 6) is 0.583. The minimum atomic E-state index is 0.226. The van der Waals surface area contributed by atoms with Crippen LogP contribution in [0.4, 0.5) is 0 Å². The van der Waals surface area contributed by atoms with E-state index >= 15 is 0 Å². The van der Waals surface area contributed by atoms with Crippen molar-refractivity contribution in [3.8, 4) is 0 Å². The molecule has 2 rings (SSSR count). The lowest BCUT2D eigenvalue weighted by molar-refractivity contribution is -0.137. The zero-order valence-electron chi connectivity index (χ0n) is 9.46. The van der Waals surface area contributed by atoms with E-state index < -0.39 is 0 Å². The maximum Gasteiger partial charge on any atom is 0.227 e. The molecule has 86 valence electrons. The van der Waals surface area contributed by atoms with Crippen LogP contribution in [0.3, 0.4) is 0 Å². The van der Waals surface area contributed by atoms with Gasteiger partial charge in [-0.1, -0.05) is 0 Å². The first-order valence-corrected chi connectivity index (χ1v) is 6.00. The van der Waals surface area contributed by atoms with Gasteiger partial charge in [-0.3, -0.25) is 4.79 Å². The highest BCUT2D eigenvalue weighted by molar-refractivity contribution is 5.79. The number of nitrogens with zero attached hydrogens (tertiary/aromatic N) is 1. The van der Waals surface area contributed by atoms with E-state index in [1.54, 1.807) is 0 Å². The molecular formula is C11H21N3O. The molecule has 0 aliphatic carbocycles. The molecule has 0 aromatic carbocycles. The molecule has 2 aliphatic heterocycles. The SMILES string of the molecule is C[C@@H]1CN(C(=O)C2CCCNC2)CCN1. The summed E-state index contributed by atoms with van der Waals surface area (Å²) in [5.41, 5.74) is 0. The van der Waals surface area contributed by atoms with Gasteiger partial charge in [0.1, 0.15) is 0 Å². The molecule has 2 heterocycles. The first-order chi connectivity index (χ1) is 7.27. The second kappa shape index (κ2) is 4.94. The van der Waals surface area contributed by atoms with Crippen molar-refractivity contribution in [1.29, 1.82) is 0 Å². The van der Waals surface area contributed by atoms with Crippen molar-refractivity contribution in [2.24, 2.45) is 5.92 Å². The van der Waals surface area contributed by atoms with Gasteiger partial charge in [0, 0.05) is 32.2 Å². The van der Waals surface area contributed by atoms with E-state index in [9.17, 15) is 4.79 Å². The van der Waals surface area contributed by atoms with Gasteiger partial charge in [0.05, 0.1) is 5.92 Å². The lowest BCUT2D eigenvalue weighted by Crippen LogP contribution is -2.54. The lowest BCUT2D eigenvalue weighted by atomic mass is 9.97. The van der Waals surface area contributed by atoms with Crippen LogP contribution >= 0.6 is 0 Å². The van der Waals surface area contributed by atoms with Crippen molar-refractivity contribution in [2.75, 3.05) is 32.7 Å².